The Morgan fingerprint density at radius 1 is 1.22 bits per heavy atom. The molecule has 4 heteroatoms. The Hall–Kier alpha value is -2.75. The van der Waals surface area contributed by atoms with E-state index < -0.39 is 11.4 Å². The number of ether oxygens (including phenoxy) is 2. The standard InChI is InChI=1S/C19H16O4/c20-18(21)16-11-19(16)8-9-22-17-10-14(6-7-15(17)19)23-12-13-4-2-1-3-5-13/h1-7,10-11H,8-9,12H2,(H,20,21)/t19-/m0/s1. The fourth-order valence-corrected chi connectivity index (χ4v) is 3.17. The quantitative estimate of drug-likeness (QED) is 0.941. The number of carboxylic acid groups (broad SMARTS) is 1. The SMILES string of the molecule is O=C(O)C1=C[C@]12CCOc1cc(OCc3ccccc3)ccc12. The van der Waals surface area contributed by atoms with Crippen LogP contribution in [0.1, 0.15) is 17.5 Å². The van der Waals surface area contributed by atoms with Crippen LogP contribution < -0.4 is 9.47 Å². The van der Waals surface area contributed by atoms with E-state index in [0.29, 0.717) is 31.0 Å². The third-order valence-corrected chi connectivity index (χ3v) is 4.45. The van der Waals surface area contributed by atoms with Crippen LogP contribution in [0.5, 0.6) is 11.5 Å². The molecule has 1 aliphatic heterocycles. The minimum absolute atomic E-state index is 0.433. The minimum atomic E-state index is -0.845. The van der Waals surface area contributed by atoms with Gasteiger partial charge in [-0.15, -0.1) is 0 Å². The summed E-state index contributed by atoms with van der Waals surface area (Å²) in [7, 11) is 0. The second-order valence-corrected chi connectivity index (χ2v) is 5.87. The lowest BCUT2D eigenvalue weighted by molar-refractivity contribution is -0.132. The Morgan fingerprint density at radius 2 is 2.04 bits per heavy atom. The summed E-state index contributed by atoms with van der Waals surface area (Å²) in [6, 6.07) is 15.6. The summed E-state index contributed by atoms with van der Waals surface area (Å²) in [6.07, 6.45) is 2.51. The molecule has 4 nitrogen and oxygen atoms in total. The molecule has 0 radical (unpaired) electrons. The van der Waals surface area contributed by atoms with Crippen molar-refractivity contribution in [3.05, 3.63) is 71.3 Å². The predicted molar refractivity (Wildman–Crippen MR) is 84.7 cm³/mol. The van der Waals surface area contributed by atoms with E-state index in [0.717, 1.165) is 16.9 Å². The van der Waals surface area contributed by atoms with Gasteiger partial charge in [-0.2, -0.15) is 0 Å². The highest BCUT2D eigenvalue weighted by molar-refractivity contribution is 5.97. The molecular formula is C19H16O4. The van der Waals surface area contributed by atoms with Crippen LogP contribution in [0, 0.1) is 0 Å². The first-order valence-electron chi connectivity index (χ1n) is 7.60. The number of hydrogen-bond donors (Lipinski definition) is 1. The van der Waals surface area contributed by atoms with Crippen molar-refractivity contribution in [2.45, 2.75) is 18.4 Å². The van der Waals surface area contributed by atoms with Crippen molar-refractivity contribution >= 4 is 5.97 Å². The van der Waals surface area contributed by atoms with Crippen molar-refractivity contribution in [2.75, 3.05) is 6.61 Å². The summed E-state index contributed by atoms with van der Waals surface area (Å²) in [4.78, 5) is 11.2. The van der Waals surface area contributed by atoms with Gasteiger partial charge in [-0.3, -0.25) is 0 Å². The van der Waals surface area contributed by atoms with Crippen molar-refractivity contribution in [2.24, 2.45) is 0 Å². The summed E-state index contributed by atoms with van der Waals surface area (Å²) >= 11 is 0. The van der Waals surface area contributed by atoms with E-state index in [1.165, 1.54) is 0 Å². The zero-order chi connectivity index (χ0) is 15.9. The smallest absolute Gasteiger partial charge is 0.332 e. The normalized spacial score (nSPS) is 21.1. The summed E-state index contributed by atoms with van der Waals surface area (Å²) in [5.74, 6) is 0.596. The number of benzene rings is 2. The molecule has 1 N–H and O–H groups in total. The molecule has 0 aromatic heterocycles. The third-order valence-electron chi connectivity index (χ3n) is 4.45. The second kappa shape index (κ2) is 5.16. The first kappa shape index (κ1) is 13.9. The van der Waals surface area contributed by atoms with Gasteiger partial charge in [0, 0.05) is 17.2 Å². The van der Waals surface area contributed by atoms with Crippen LogP contribution in [-0.2, 0) is 16.8 Å². The highest BCUT2D eigenvalue weighted by Crippen LogP contribution is 2.55. The van der Waals surface area contributed by atoms with Crippen LogP contribution in [0.2, 0.25) is 0 Å². The first-order valence-corrected chi connectivity index (χ1v) is 7.60. The first-order chi connectivity index (χ1) is 11.2. The van der Waals surface area contributed by atoms with Gasteiger partial charge in [0.05, 0.1) is 12.0 Å². The molecule has 0 saturated heterocycles. The van der Waals surface area contributed by atoms with Crippen LogP contribution in [-0.4, -0.2) is 17.7 Å². The molecule has 0 bridgehead atoms. The highest BCUT2D eigenvalue weighted by atomic mass is 16.5. The number of aliphatic carboxylic acids is 1. The lowest BCUT2D eigenvalue weighted by Gasteiger charge is -2.27. The molecule has 0 fully saturated rings. The van der Waals surface area contributed by atoms with Crippen molar-refractivity contribution in [3.63, 3.8) is 0 Å². The molecule has 1 aliphatic carbocycles. The number of allylic oxidation sites excluding steroid dienone is 1. The minimum Gasteiger partial charge on any atom is -0.493 e. The number of fused-ring (bicyclic) bond motifs is 2. The predicted octanol–water partition coefficient (Wildman–Crippen LogP) is 3.31. The van der Waals surface area contributed by atoms with E-state index in [4.69, 9.17) is 9.47 Å². The number of carbonyl (C=O) groups is 1. The zero-order valence-electron chi connectivity index (χ0n) is 12.5. The van der Waals surface area contributed by atoms with E-state index in [-0.39, 0.29) is 0 Å². The molecule has 23 heavy (non-hydrogen) atoms. The highest BCUT2D eigenvalue weighted by Gasteiger charge is 2.52. The third kappa shape index (κ3) is 2.36. The average molecular weight is 308 g/mol. The molecule has 0 saturated carbocycles. The second-order valence-electron chi connectivity index (χ2n) is 5.87. The lowest BCUT2D eigenvalue weighted by Crippen LogP contribution is -2.24. The van der Waals surface area contributed by atoms with Gasteiger partial charge in [-0.1, -0.05) is 42.5 Å². The Balaban J connectivity index is 1.54. The van der Waals surface area contributed by atoms with Gasteiger partial charge in [0.2, 0.25) is 0 Å². The molecule has 1 atom stereocenters. The largest absolute Gasteiger partial charge is 0.493 e. The maximum absolute atomic E-state index is 11.2. The topological polar surface area (TPSA) is 55.8 Å². The van der Waals surface area contributed by atoms with Gasteiger partial charge < -0.3 is 14.6 Å². The maximum Gasteiger partial charge on any atom is 0.332 e. The fourth-order valence-electron chi connectivity index (χ4n) is 3.17. The van der Waals surface area contributed by atoms with Crippen LogP contribution in [0.4, 0.5) is 0 Å². The molecule has 0 amide bonds. The van der Waals surface area contributed by atoms with Gasteiger partial charge in [0.15, 0.2) is 0 Å². The molecule has 116 valence electrons. The van der Waals surface area contributed by atoms with Gasteiger partial charge in [0.1, 0.15) is 18.1 Å². The molecule has 4 rings (SSSR count). The lowest BCUT2D eigenvalue weighted by atomic mass is 9.85. The number of rotatable bonds is 4. The Kier molecular flexibility index (Phi) is 3.11. The molecule has 2 aliphatic rings. The van der Waals surface area contributed by atoms with Crippen LogP contribution in [0.3, 0.4) is 0 Å². The van der Waals surface area contributed by atoms with E-state index >= 15 is 0 Å². The Morgan fingerprint density at radius 3 is 2.78 bits per heavy atom. The maximum atomic E-state index is 11.2. The van der Waals surface area contributed by atoms with E-state index in [2.05, 4.69) is 0 Å². The van der Waals surface area contributed by atoms with E-state index in [1.807, 2.05) is 54.6 Å². The molecular weight excluding hydrogens is 292 g/mol. The fraction of sp³-hybridized carbons (Fsp3) is 0.211. The molecule has 1 spiro atoms. The van der Waals surface area contributed by atoms with E-state index in [9.17, 15) is 9.90 Å². The molecule has 2 aromatic rings. The van der Waals surface area contributed by atoms with Crippen molar-refractivity contribution < 1.29 is 19.4 Å². The van der Waals surface area contributed by atoms with Gasteiger partial charge in [-0.25, -0.2) is 4.79 Å². The monoisotopic (exact) mass is 308 g/mol. The number of hydrogen-bond acceptors (Lipinski definition) is 3. The van der Waals surface area contributed by atoms with Crippen LogP contribution in [0.15, 0.2) is 60.2 Å². The summed E-state index contributed by atoms with van der Waals surface area (Å²) in [5, 5.41) is 9.23. The van der Waals surface area contributed by atoms with Crippen molar-refractivity contribution in [3.8, 4) is 11.5 Å². The molecule has 0 unspecified atom stereocenters. The van der Waals surface area contributed by atoms with Crippen LogP contribution in [0.25, 0.3) is 0 Å². The van der Waals surface area contributed by atoms with Gasteiger partial charge in [0.25, 0.3) is 0 Å². The van der Waals surface area contributed by atoms with E-state index in [1.54, 1.807) is 0 Å². The zero-order valence-corrected chi connectivity index (χ0v) is 12.5. The Labute approximate surface area is 134 Å². The van der Waals surface area contributed by atoms with Gasteiger partial charge >= 0.3 is 5.97 Å². The average Bonchev–Trinajstić information content (AvgIpc) is 3.29. The Bertz CT molecular complexity index is 794. The summed E-state index contributed by atoms with van der Waals surface area (Å²) in [6.45, 7) is 1.01. The van der Waals surface area contributed by atoms with Gasteiger partial charge in [-0.05, 0) is 18.1 Å². The van der Waals surface area contributed by atoms with Crippen molar-refractivity contribution in [1.29, 1.82) is 0 Å². The molecule has 2 aromatic carbocycles. The van der Waals surface area contributed by atoms with Crippen LogP contribution >= 0.6 is 0 Å². The summed E-state index contributed by atoms with van der Waals surface area (Å²) in [5.41, 5.74) is 2.06. The number of carboxylic acids is 1. The molecule has 1 heterocycles. The summed E-state index contributed by atoms with van der Waals surface area (Å²) < 4.78 is 11.5. The van der Waals surface area contributed by atoms with Crippen molar-refractivity contribution in [1.82, 2.24) is 0 Å².